The highest BCUT2D eigenvalue weighted by molar-refractivity contribution is 5.74. The van der Waals surface area contributed by atoms with Gasteiger partial charge in [0.25, 0.3) is 0 Å². The van der Waals surface area contributed by atoms with Crippen LogP contribution in [0, 0.1) is 0 Å². The van der Waals surface area contributed by atoms with Gasteiger partial charge in [-0.05, 0) is 31.2 Å². The van der Waals surface area contributed by atoms with Crippen LogP contribution >= 0.6 is 0 Å². The van der Waals surface area contributed by atoms with Gasteiger partial charge in [0.15, 0.2) is 5.79 Å². The van der Waals surface area contributed by atoms with Crippen LogP contribution in [0.1, 0.15) is 109 Å². The number of esters is 2. The van der Waals surface area contributed by atoms with Crippen LogP contribution in [-0.2, 0) is 45.5 Å². The maximum Gasteiger partial charge on any atom is 0.302 e. The van der Waals surface area contributed by atoms with Gasteiger partial charge in [-0.3, -0.25) is 14.4 Å². The number of ether oxygens (including phenoxy) is 4. The average molecular weight is 548 g/mol. The van der Waals surface area contributed by atoms with E-state index in [9.17, 15) is 14.4 Å². The van der Waals surface area contributed by atoms with E-state index in [0.29, 0.717) is 19.6 Å². The highest BCUT2D eigenvalue weighted by Gasteiger charge is 2.38. The van der Waals surface area contributed by atoms with E-state index < -0.39 is 23.3 Å². The van der Waals surface area contributed by atoms with Crippen molar-refractivity contribution >= 4 is 17.8 Å². The minimum absolute atomic E-state index is 0.0378. The van der Waals surface area contributed by atoms with Crippen LogP contribution in [0.15, 0.2) is 24.3 Å². The molecule has 1 amide bonds. The van der Waals surface area contributed by atoms with Gasteiger partial charge in [0.2, 0.25) is 5.91 Å². The molecule has 2 rings (SSSR count). The third-order valence-corrected chi connectivity index (χ3v) is 7.17. The first-order chi connectivity index (χ1) is 18.7. The first kappa shape index (κ1) is 32.8. The number of nitrogens with one attached hydrogen (secondary N) is 1. The van der Waals surface area contributed by atoms with Crippen LogP contribution in [0.5, 0.6) is 0 Å². The van der Waals surface area contributed by atoms with Crippen LogP contribution in [0.2, 0.25) is 0 Å². The lowest BCUT2D eigenvalue weighted by Crippen LogP contribution is -2.55. The van der Waals surface area contributed by atoms with Gasteiger partial charge >= 0.3 is 11.9 Å². The molecule has 0 aliphatic carbocycles. The second kappa shape index (κ2) is 17.3. The maximum atomic E-state index is 11.9. The quantitative estimate of drug-likeness (QED) is 0.174. The van der Waals surface area contributed by atoms with Gasteiger partial charge in [-0.25, -0.2) is 0 Å². The van der Waals surface area contributed by atoms with E-state index >= 15 is 0 Å². The average Bonchev–Trinajstić information content (AvgIpc) is 3.38. The Balaban J connectivity index is 1.83. The van der Waals surface area contributed by atoms with Crippen molar-refractivity contribution in [2.24, 2.45) is 0 Å². The summed E-state index contributed by atoms with van der Waals surface area (Å²) in [6.07, 6.45) is 12.2. The Labute approximate surface area is 234 Å². The molecule has 1 fully saturated rings. The summed E-state index contributed by atoms with van der Waals surface area (Å²) >= 11 is 0. The number of amides is 1. The Hall–Kier alpha value is -2.45. The molecule has 0 bridgehead atoms. The molecule has 1 aromatic rings. The zero-order valence-corrected chi connectivity index (χ0v) is 24.5. The molecule has 0 aromatic heterocycles. The molecule has 1 aromatic carbocycles. The lowest BCUT2D eigenvalue weighted by molar-refractivity contribution is -0.171. The van der Waals surface area contributed by atoms with E-state index in [-0.39, 0.29) is 19.1 Å². The van der Waals surface area contributed by atoms with E-state index in [1.165, 1.54) is 52.0 Å². The molecule has 0 atom stereocenters. The van der Waals surface area contributed by atoms with E-state index in [4.69, 9.17) is 18.9 Å². The highest BCUT2D eigenvalue weighted by Crippen LogP contribution is 2.37. The number of rotatable bonds is 19. The van der Waals surface area contributed by atoms with Crippen LogP contribution < -0.4 is 5.32 Å². The van der Waals surface area contributed by atoms with Crippen LogP contribution in [0.25, 0.3) is 0 Å². The number of hydrogen-bond donors (Lipinski definition) is 1. The molecule has 1 aliphatic rings. The fraction of sp³-hybridized carbons (Fsp3) is 0.710. The first-order valence-electron chi connectivity index (χ1n) is 14.6. The zero-order valence-electron chi connectivity index (χ0n) is 24.5. The molecule has 1 N–H and O–H groups in total. The van der Waals surface area contributed by atoms with Gasteiger partial charge in [-0.15, -0.1) is 0 Å². The molecule has 0 spiro atoms. The van der Waals surface area contributed by atoms with Gasteiger partial charge < -0.3 is 24.3 Å². The summed E-state index contributed by atoms with van der Waals surface area (Å²) in [7, 11) is 0. The summed E-state index contributed by atoms with van der Waals surface area (Å²) in [4.78, 5) is 34.7. The Morgan fingerprint density at radius 2 is 1.38 bits per heavy atom. The third kappa shape index (κ3) is 12.1. The Bertz CT molecular complexity index is 859. The van der Waals surface area contributed by atoms with Crippen molar-refractivity contribution < 1.29 is 33.3 Å². The molecule has 1 saturated heterocycles. The van der Waals surface area contributed by atoms with Gasteiger partial charge in [0.05, 0.1) is 13.2 Å². The lowest BCUT2D eigenvalue weighted by atomic mass is 9.92. The number of aryl methyl sites for hydroxylation is 1. The van der Waals surface area contributed by atoms with Crippen molar-refractivity contribution in [1.29, 1.82) is 0 Å². The molecule has 8 heteroatoms. The van der Waals surface area contributed by atoms with Gasteiger partial charge in [-0.1, -0.05) is 76.1 Å². The molecule has 8 nitrogen and oxygen atoms in total. The Morgan fingerprint density at radius 3 is 1.95 bits per heavy atom. The summed E-state index contributed by atoms with van der Waals surface area (Å²) in [6.45, 7) is 7.41. The van der Waals surface area contributed by atoms with Crippen molar-refractivity contribution in [1.82, 2.24) is 5.32 Å². The third-order valence-electron chi connectivity index (χ3n) is 7.17. The number of unbranched alkanes of at least 4 members (excludes halogenated alkanes) is 7. The monoisotopic (exact) mass is 547 g/mol. The van der Waals surface area contributed by atoms with Gasteiger partial charge in [0.1, 0.15) is 18.8 Å². The molecular formula is C31H49NO7. The van der Waals surface area contributed by atoms with E-state index in [1.54, 1.807) is 0 Å². The Kier molecular flexibility index (Phi) is 14.5. The second-order valence-corrected chi connectivity index (χ2v) is 10.7. The topological polar surface area (TPSA) is 100 Å². The van der Waals surface area contributed by atoms with E-state index in [0.717, 1.165) is 50.5 Å². The molecule has 39 heavy (non-hydrogen) atoms. The van der Waals surface area contributed by atoms with Gasteiger partial charge in [-0.2, -0.15) is 0 Å². The molecule has 1 heterocycles. The minimum Gasteiger partial charge on any atom is -0.463 e. The molecule has 0 radical (unpaired) electrons. The summed E-state index contributed by atoms with van der Waals surface area (Å²) < 4.78 is 22.7. The SMILES string of the molecule is CCCCCCc1ccc(C2(CCCCCCCC(COC(C)=O)(COC(C)=O)NC(C)=O)OCCO2)cc1. The maximum absolute atomic E-state index is 11.9. The zero-order chi connectivity index (χ0) is 28.6. The summed E-state index contributed by atoms with van der Waals surface area (Å²) in [5.41, 5.74) is 1.52. The fourth-order valence-electron chi connectivity index (χ4n) is 5.12. The molecular weight excluding hydrogens is 498 g/mol. The largest absolute Gasteiger partial charge is 0.463 e. The predicted octanol–water partition coefficient (Wildman–Crippen LogP) is 5.74. The van der Waals surface area contributed by atoms with Gasteiger partial charge in [0, 0.05) is 32.8 Å². The molecule has 0 saturated carbocycles. The van der Waals surface area contributed by atoms with Crippen molar-refractivity contribution in [3.63, 3.8) is 0 Å². The first-order valence-corrected chi connectivity index (χ1v) is 14.6. The summed E-state index contributed by atoms with van der Waals surface area (Å²) in [6, 6.07) is 8.74. The summed E-state index contributed by atoms with van der Waals surface area (Å²) in [5.74, 6) is -1.81. The number of benzene rings is 1. The smallest absolute Gasteiger partial charge is 0.302 e. The van der Waals surface area contributed by atoms with Crippen molar-refractivity contribution in [3.05, 3.63) is 35.4 Å². The number of carbonyl (C=O) groups excluding carboxylic acids is 3. The van der Waals surface area contributed by atoms with Crippen molar-refractivity contribution in [3.8, 4) is 0 Å². The van der Waals surface area contributed by atoms with Crippen LogP contribution in [-0.4, -0.2) is 49.8 Å². The highest BCUT2D eigenvalue weighted by atomic mass is 16.7. The van der Waals surface area contributed by atoms with E-state index in [2.05, 4.69) is 36.5 Å². The standard InChI is InChI=1S/C31H49NO7/c1-5-6-7-11-14-28-15-17-29(18-16-28)31(38-21-22-39-31)20-13-10-8-9-12-19-30(32-25(2)33,23-36-26(3)34)24-37-27(4)35/h15-18H,5-14,19-24H2,1-4H3,(H,32,33). The van der Waals surface area contributed by atoms with Crippen LogP contribution in [0.3, 0.4) is 0 Å². The fourth-order valence-corrected chi connectivity index (χ4v) is 5.12. The number of carbonyl (C=O) groups is 3. The second-order valence-electron chi connectivity index (χ2n) is 10.7. The summed E-state index contributed by atoms with van der Waals surface area (Å²) in [5, 5.41) is 2.86. The van der Waals surface area contributed by atoms with Crippen molar-refractivity contribution in [2.75, 3.05) is 26.4 Å². The molecule has 220 valence electrons. The van der Waals surface area contributed by atoms with Crippen LogP contribution in [0.4, 0.5) is 0 Å². The normalized spacial score (nSPS) is 14.7. The molecule has 0 unspecified atom stereocenters. The van der Waals surface area contributed by atoms with E-state index in [1.807, 2.05) is 0 Å². The molecule has 1 aliphatic heterocycles. The minimum atomic E-state index is -0.930. The predicted molar refractivity (Wildman–Crippen MR) is 150 cm³/mol. The Morgan fingerprint density at radius 1 is 0.821 bits per heavy atom. The van der Waals surface area contributed by atoms with Crippen molar-refractivity contribution in [2.45, 2.75) is 116 Å². The number of hydrogen-bond acceptors (Lipinski definition) is 7. The lowest BCUT2D eigenvalue weighted by Gasteiger charge is -2.33.